The van der Waals surface area contributed by atoms with Crippen LogP contribution in [0, 0.1) is 0 Å². The Morgan fingerprint density at radius 2 is 2.46 bits per heavy atom. The molecule has 70 valence electrons. The molecular weight excluding hydrogens is 166 g/mol. The molecule has 0 radical (unpaired) electrons. The molecule has 0 unspecified atom stereocenters. The van der Waals surface area contributed by atoms with E-state index in [0.29, 0.717) is 0 Å². The summed E-state index contributed by atoms with van der Waals surface area (Å²) in [6.07, 6.45) is 0. The lowest BCUT2D eigenvalue weighted by Crippen LogP contribution is -2.15. The van der Waals surface area contributed by atoms with Gasteiger partial charge in [-0.05, 0) is 23.3 Å². The van der Waals surface area contributed by atoms with Crippen molar-refractivity contribution in [2.45, 2.75) is 12.6 Å². The van der Waals surface area contributed by atoms with E-state index < -0.39 is 0 Å². The van der Waals surface area contributed by atoms with E-state index in [1.165, 1.54) is 11.1 Å². The van der Waals surface area contributed by atoms with Gasteiger partial charge in [-0.25, -0.2) is 0 Å². The first kappa shape index (κ1) is 8.53. The van der Waals surface area contributed by atoms with E-state index >= 15 is 0 Å². The lowest BCUT2D eigenvalue weighted by molar-refractivity contribution is 0.251. The molecular formula is C10H13NO2. The van der Waals surface area contributed by atoms with Crippen LogP contribution in [0.1, 0.15) is 17.2 Å². The van der Waals surface area contributed by atoms with E-state index in [0.717, 1.165) is 12.3 Å². The summed E-state index contributed by atoms with van der Waals surface area (Å²) in [5.74, 6) is 0.874. The molecule has 3 heteroatoms. The molecule has 1 atom stereocenters. The zero-order valence-corrected chi connectivity index (χ0v) is 7.58. The van der Waals surface area contributed by atoms with Crippen molar-refractivity contribution in [2.75, 3.05) is 13.7 Å². The van der Waals surface area contributed by atoms with Crippen molar-refractivity contribution in [3.05, 3.63) is 29.3 Å². The smallest absolute Gasteiger partial charge is 0.119 e. The minimum Gasteiger partial charge on any atom is -0.497 e. The predicted molar refractivity (Wildman–Crippen MR) is 49.7 cm³/mol. The highest BCUT2D eigenvalue weighted by atomic mass is 16.5. The van der Waals surface area contributed by atoms with Crippen molar-refractivity contribution in [3.63, 3.8) is 0 Å². The predicted octanol–water partition coefficient (Wildman–Crippen LogP) is 0.832. The van der Waals surface area contributed by atoms with Gasteiger partial charge in [-0.15, -0.1) is 0 Å². The Balaban J connectivity index is 2.34. The summed E-state index contributed by atoms with van der Waals surface area (Å²) in [6, 6.07) is 6.04. The minimum atomic E-state index is 0.0981. The summed E-state index contributed by atoms with van der Waals surface area (Å²) in [5, 5.41) is 12.3. The zero-order valence-electron chi connectivity index (χ0n) is 7.58. The Labute approximate surface area is 77.3 Å². The highest BCUT2D eigenvalue weighted by Crippen LogP contribution is 2.27. The molecule has 2 rings (SSSR count). The van der Waals surface area contributed by atoms with Gasteiger partial charge in [0.1, 0.15) is 5.75 Å². The molecule has 1 aliphatic heterocycles. The van der Waals surface area contributed by atoms with Crippen molar-refractivity contribution in [2.24, 2.45) is 0 Å². The van der Waals surface area contributed by atoms with Crippen LogP contribution in [0.3, 0.4) is 0 Å². The van der Waals surface area contributed by atoms with E-state index in [4.69, 9.17) is 9.84 Å². The van der Waals surface area contributed by atoms with Gasteiger partial charge in [0.25, 0.3) is 0 Å². The molecule has 0 fully saturated rings. The van der Waals surface area contributed by atoms with Crippen LogP contribution in [0.15, 0.2) is 18.2 Å². The number of hydrogen-bond acceptors (Lipinski definition) is 3. The minimum absolute atomic E-state index is 0.0981. The fourth-order valence-corrected chi connectivity index (χ4v) is 1.71. The lowest BCUT2D eigenvalue weighted by Gasteiger charge is -2.07. The number of hydrogen-bond donors (Lipinski definition) is 2. The molecule has 2 N–H and O–H groups in total. The summed E-state index contributed by atoms with van der Waals surface area (Å²) < 4.78 is 5.12. The van der Waals surface area contributed by atoms with Crippen molar-refractivity contribution in [3.8, 4) is 5.75 Å². The van der Waals surface area contributed by atoms with Gasteiger partial charge in [0, 0.05) is 6.54 Å². The molecule has 0 saturated carbocycles. The van der Waals surface area contributed by atoms with E-state index in [2.05, 4.69) is 5.32 Å². The van der Waals surface area contributed by atoms with Crippen LogP contribution in [0.2, 0.25) is 0 Å². The number of fused-ring (bicyclic) bond motifs is 1. The number of rotatable bonds is 2. The average Bonchev–Trinajstić information content (AvgIpc) is 2.59. The van der Waals surface area contributed by atoms with E-state index in [1.54, 1.807) is 7.11 Å². The summed E-state index contributed by atoms with van der Waals surface area (Å²) in [6.45, 7) is 0.969. The van der Waals surface area contributed by atoms with Gasteiger partial charge in [0.2, 0.25) is 0 Å². The van der Waals surface area contributed by atoms with Crippen LogP contribution in [0.5, 0.6) is 5.75 Å². The van der Waals surface area contributed by atoms with E-state index in [-0.39, 0.29) is 12.6 Å². The van der Waals surface area contributed by atoms with Crippen LogP contribution in [0.25, 0.3) is 0 Å². The second-order valence-electron chi connectivity index (χ2n) is 3.18. The van der Waals surface area contributed by atoms with Crippen LogP contribution in [-0.4, -0.2) is 18.8 Å². The zero-order chi connectivity index (χ0) is 9.26. The summed E-state index contributed by atoms with van der Waals surface area (Å²) in [4.78, 5) is 0. The Bertz CT molecular complexity index is 312. The van der Waals surface area contributed by atoms with Crippen LogP contribution < -0.4 is 10.1 Å². The molecule has 1 heterocycles. The van der Waals surface area contributed by atoms with Gasteiger partial charge in [-0.2, -0.15) is 0 Å². The third-order valence-corrected chi connectivity index (χ3v) is 2.45. The Kier molecular flexibility index (Phi) is 2.20. The number of aliphatic hydroxyl groups excluding tert-OH is 1. The lowest BCUT2D eigenvalue weighted by atomic mass is 10.1. The van der Waals surface area contributed by atoms with Crippen LogP contribution in [-0.2, 0) is 6.54 Å². The maximum absolute atomic E-state index is 9.05. The number of benzene rings is 1. The summed E-state index contributed by atoms with van der Waals surface area (Å²) >= 11 is 0. The first-order valence-corrected chi connectivity index (χ1v) is 4.36. The molecule has 1 aromatic carbocycles. The number of aliphatic hydroxyl groups is 1. The standard InChI is InChI=1S/C10H13NO2/c1-13-8-2-3-9-7(4-8)5-11-10(9)6-12/h2-4,10-12H,5-6H2,1H3/t10-/m1/s1. The molecule has 0 saturated heterocycles. The average molecular weight is 179 g/mol. The fraction of sp³-hybridized carbons (Fsp3) is 0.400. The molecule has 0 amide bonds. The van der Waals surface area contributed by atoms with Gasteiger partial charge < -0.3 is 15.2 Å². The third-order valence-electron chi connectivity index (χ3n) is 2.45. The third kappa shape index (κ3) is 1.41. The maximum Gasteiger partial charge on any atom is 0.119 e. The topological polar surface area (TPSA) is 41.5 Å². The molecule has 0 bridgehead atoms. The number of ether oxygens (including phenoxy) is 1. The monoisotopic (exact) mass is 179 g/mol. The molecule has 3 nitrogen and oxygen atoms in total. The second kappa shape index (κ2) is 3.36. The van der Waals surface area contributed by atoms with Gasteiger partial charge in [-0.3, -0.25) is 0 Å². The second-order valence-corrected chi connectivity index (χ2v) is 3.18. The van der Waals surface area contributed by atoms with Crippen molar-refractivity contribution >= 4 is 0 Å². The fourth-order valence-electron chi connectivity index (χ4n) is 1.71. The first-order chi connectivity index (χ1) is 6.35. The molecule has 0 spiro atoms. The quantitative estimate of drug-likeness (QED) is 0.706. The van der Waals surface area contributed by atoms with Gasteiger partial charge in [0.15, 0.2) is 0 Å². The van der Waals surface area contributed by atoms with Crippen molar-refractivity contribution in [1.82, 2.24) is 5.32 Å². The largest absolute Gasteiger partial charge is 0.497 e. The van der Waals surface area contributed by atoms with Gasteiger partial charge in [0.05, 0.1) is 19.8 Å². The first-order valence-electron chi connectivity index (χ1n) is 4.36. The SMILES string of the molecule is COc1ccc2c(c1)CN[C@@H]2CO. The summed E-state index contributed by atoms with van der Waals surface area (Å²) in [7, 11) is 1.66. The molecule has 1 aromatic rings. The number of nitrogens with one attached hydrogen (secondary N) is 1. The maximum atomic E-state index is 9.05. The molecule has 0 aromatic heterocycles. The highest BCUT2D eigenvalue weighted by molar-refractivity contribution is 5.40. The molecule has 0 aliphatic carbocycles. The summed E-state index contributed by atoms with van der Waals surface area (Å²) in [5.41, 5.74) is 2.40. The molecule has 13 heavy (non-hydrogen) atoms. The van der Waals surface area contributed by atoms with Crippen molar-refractivity contribution < 1.29 is 9.84 Å². The van der Waals surface area contributed by atoms with Crippen LogP contribution in [0.4, 0.5) is 0 Å². The highest BCUT2D eigenvalue weighted by Gasteiger charge is 2.20. The van der Waals surface area contributed by atoms with Crippen LogP contribution >= 0.6 is 0 Å². The Morgan fingerprint density at radius 1 is 1.62 bits per heavy atom. The van der Waals surface area contributed by atoms with Gasteiger partial charge in [-0.1, -0.05) is 6.07 Å². The van der Waals surface area contributed by atoms with Crippen molar-refractivity contribution in [1.29, 1.82) is 0 Å². The number of methoxy groups -OCH3 is 1. The Hall–Kier alpha value is -1.06. The van der Waals surface area contributed by atoms with Gasteiger partial charge >= 0.3 is 0 Å². The normalized spacial score (nSPS) is 20.0. The Morgan fingerprint density at radius 3 is 3.15 bits per heavy atom. The molecule has 1 aliphatic rings. The van der Waals surface area contributed by atoms with E-state index in [1.807, 2.05) is 18.2 Å². The van der Waals surface area contributed by atoms with E-state index in [9.17, 15) is 0 Å².